The first-order valence-corrected chi connectivity index (χ1v) is 8.86. The van der Waals surface area contributed by atoms with Crippen molar-refractivity contribution >= 4 is 12.0 Å². The second-order valence-corrected chi connectivity index (χ2v) is 6.49. The molecule has 0 saturated carbocycles. The number of halogens is 3. The zero-order chi connectivity index (χ0) is 20.9. The maximum Gasteiger partial charge on any atom is 0.416 e. The Hall–Kier alpha value is -3.42. The van der Waals surface area contributed by atoms with Crippen molar-refractivity contribution in [2.45, 2.75) is 19.3 Å². The molecule has 0 aliphatic carbocycles. The van der Waals surface area contributed by atoms with E-state index >= 15 is 0 Å². The van der Waals surface area contributed by atoms with Gasteiger partial charge in [0.25, 0.3) is 5.91 Å². The Morgan fingerprint density at radius 3 is 2.45 bits per heavy atom. The summed E-state index contributed by atoms with van der Waals surface area (Å²) in [7, 11) is 1.56. The second kappa shape index (κ2) is 8.72. The van der Waals surface area contributed by atoms with Gasteiger partial charge >= 0.3 is 6.18 Å². The normalized spacial score (nSPS) is 11.7. The summed E-state index contributed by atoms with van der Waals surface area (Å²) in [5, 5.41) is 7.83. The summed E-state index contributed by atoms with van der Waals surface area (Å²) in [6.45, 7) is 0.621. The van der Waals surface area contributed by atoms with Crippen molar-refractivity contribution in [1.29, 1.82) is 0 Å². The molecule has 1 heterocycles. The van der Waals surface area contributed by atoms with Crippen LogP contribution in [0.3, 0.4) is 0 Å². The number of carbonyl (C=O) groups is 1. The maximum atomic E-state index is 12.6. The first-order valence-electron chi connectivity index (χ1n) is 8.86. The molecule has 0 atom stereocenters. The molecule has 0 saturated heterocycles. The van der Waals surface area contributed by atoms with Gasteiger partial charge in [-0.15, -0.1) is 5.10 Å². The summed E-state index contributed by atoms with van der Waals surface area (Å²) in [5.41, 5.74) is 1.10. The Balaban J connectivity index is 1.58. The molecule has 3 aromatic rings. The molecule has 0 bridgehead atoms. The molecule has 0 aliphatic heterocycles. The number of alkyl halides is 3. The molecule has 29 heavy (non-hydrogen) atoms. The van der Waals surface area contributed by atoms with Gasteiger partial charge in [0.15, 0.2) is 5.69 Å². The highest BCUT2D eigenvalue weighted by Gasteiger charge is 2.30. The molecule has 150 valence electrons. The Morgan fingerprint density at radius 1 is 1.10 bits per heavy atom. The molecule has 0 radical (unpaired) electrons. The van der Waals surface area contributed by atoms with E-state index in [2.05, 4.69) is 10.3 Å². The smallest absolute Gasteiger partial charge is 0.336 e. The fourth-order valence-electron chi connectivity index (χ4n) is 2.69. The quantitative estimate of drug-likeness (QED) is 0.621. The summed E-state index contributed by atoms with van der Waals surface area (Å²) in [5.74, 6) is -0.358. The van der Waals surface area contributed by atoms with Crippen LogP contribution in [0.2, 0.25) is 0 Å². The average Bonchev–Trinajstić information content (AvgIpc) is 3.17. The lowest BCUT2D eigenvalue weighted by molar-refractivity contribution is -0.137. The molecule has 0 fully saturated rings. The second-order valence-electron chi connectivity index (χ2n) is 6.49. The van der Waals surface area contributed by atoms with Gasteiger partial charge in [0.2, 0.25) is 0 Å². The van der Waals surface area contributed by atoms with Gasteiger partial charge in [-0.05, 0) is 23.3 Å². The van der Waals surface area contributed by atoms with Crippen molar-refractivity contribution in [3.63, 3.8) is 0 Å². The minimum Gasteiger partial charge on any atom is -0.336 e. The van der Waals surface area contributed by atoms with E-state index in [0.717, 1.165) is 17.7 Å². The average molecular weight is 400 g/mol. The van der Waals surface area contributed by atoms with Crippen LogP contribution >= 0.6 is 0 Å². The van der Waals surface area contributed by atoms with Gasteiger partial charge in [-0.3, -0.25) is 4.79 Å². The molecule has 0 unspecified atom stereocenters. The van der Waals surface area contributed by atoms with Crippen LogP contribution < -0.4 is 0 Å². The van der Waals surface area contributed by atoms with Crippen molar-refractivity contribution in [2.24, 2.45) is 0 Å². The van der Waals surface area contributed by atoms with E-state index in [0.29, 0.717) is 12.1 Å². The third-order valence-corrected chi connectivity index (χ3v) is 4.21. The van der Waals surface area contributed by atoms with E-state index in [-0.39, 0.29) is 18.1 Å². The fourth-order valence-corrected chi connectivity index (χ4v) is 2.69. The van der Waals surface area contributed by atoms with E-state index in [1.165, 1.54) is 17.0 Å². The highest BCUT2D eigenvalue weighted by molar-refractivity contribution is 5.91. The van der Waals surface area contributed by atoms with Crippen molar-refractivity contribution in [1.82, 2.24) is 19.9 Å². The predicted octanol–water partition coefficient (Wildman–Crippen LogP) is 4.28. The van der Waals surface area contributed by atoms with Gasteiger partial charge in [0.1, 0.15) is 0 Å². The standard InChI is InChI=1S/C21H19F3N4O/c1-27(14-17-9-11-18(12-10-17)21(22,23)24)20(29)19-15-28(26-25-19)13-5-8-16-6-3-2-4-7-16/h2-12,15H,13-14H2,1H3/b8-5+. The fraction of sp³-hybridized carbons (Fsp3) is 0.190. The molecule has 2 aromatic carbocycles. The van der Waals surface area contributed by atoms with Crippen LogP contribution in [0.1, 0.15) is 27.2 Å². The van der Waals surface area contributed by atoms with Crippen LogP contribution in [0.4, 0.5) is 13.2 Å². The van der Waals surface area contributed by atoms with Gasteiger partial charge in [0, 0.05) is 13.6 Å². The van der Waals surface area contributed by atoms with Gasteiger partial charge in [0.05, 0.1) is 18.3 Å². The van der Waals surface area contributed by atoms with Crippen LogP contribution in [-0.2, 0) is 19.3 Å². The van der Waals surface area contributed by atoms with Gasteiger partial charge in [-0.1, -0.05) is 59.8 Å². The summed E-state index contributed by atoms with van der Waals surface area (Å²) in [4.78, 5) is 13.9. The van der Waals surface area contributed by atoms with E-state index in [1.54, 1.807) is 17.9 Å². The molecule has 0 spiro atoms. The van der Waals surface area contributed by atoms with E-state index in [4.69, 9.17) is 0 Å². The lowest BCUT2D eigenvalue weighted by Crippen LogP contribution is -2.26. The van der Waals surface area contributed by atoms with Crippen LogP contribution in [0.5, 0.6) is 0 Å². The maximum absolute atomic E-state index is 12.6. The third-order valence-electron chi connectivity index (χ3n) is 4.21. The van der Waals surface area contributed by atoms with Gasteiger partial charge < -0.3 is 4.90 Å². The molecule has 1 aromatic heterocycles. The molecule has 5 nitrogen and oxygen atoms in total. The molecule has 3 rings (SSSR count). The van der Waals surface area contributed by atoms with Crippen molar-refractivity contribution < 1.29 is 18.0 Å². The number of hydrogen-bond acceptors (Lipinski definition) is 3. The largest absolute Gasteiger partial charge is 0.416 e. The van der Waals surface area contributed by atoms with E-state index < -0.39 is 11.7 Å². The van der Waals surface area contributed by atoms with Crippen LogP contribution in [0, 0.1) is 0 Å². The zero-order valence-electron chi connectivity index (χ0n) is 15.7. The predicted molar refractivity (Wildman–Crippen MR) is 103 cm³/mol. The molecular formula is C21H19F3N4O. The number of rotatable bonds is 6. The molecule has 0 N–H and O–H groups in total. The highest BCUT2D eigenvalue weighted by atomic mass is 19.4. The number of amides is 1. The van der Waals surface area contributed by atoms with Crippen LogP contribution in [-0.4, -0.2) is 32.8 Å². The first kappa shape index (κ1) is 20.3. The van der Waals surface area contributed by atoms with Crippen LogP contribution in [0.15, 0.2) is 66.9 Å². The lowest BCUT2D eigenvalue weighted by atomic mass is 10.1. The number of carbonyl (C=O) groups excluding carboxylic acids is 1. The minimum absolute atomic E-state index is 0.164. The molecule has 1 amide bonds. The summed E-state index contributed by atoms with van der Waals surface area (Å²) >= 11 is 0. The highest BCUT2D eigenvalue weighted by Crippen LogP contribution is 2.29. The molecular weight excluding hydrogens is 381 g/mol. The monoisotopic (exact) mass is 400 g/mol. The number of hydrogen-bond donors (Lipinski definition) is 0. The summed E-state index contributed by atoms with van der Waals surface area (Å²) in [6.07, 6.45) is 1.01. The molecule has 8 heteroatoms. The number of aromatic nitrogens is 3. The van der Waals surface area contributed by atoms with Crippen molar-refractivity contribution in [3.05, 3.63) is 89.3 Å². The van der Waals surface area contributed by atoms with Crippen LogP contribution in [0.25, 0.3) is 6.08 Å². The number of benzene rings is 2. The Labute approximate surface area is 166 Å². The third kappa shape index (κ3) is 5.54. The topological polar surface area (TPSA) is 51.0 Å². The minimum atomic E-state index is -4.38. The van der Waals surface area contributed by atoms with Crippen molar-refractivity contribution in [3.8, 4) is 0 Å². The first-order chi connectivity index (χ1) is 13.8. The van der Waals surface area contributed by atoms with Gasteiger partial charge in [-0.25, -0.2) is 4.68 Å². The SMILES string of the molecule is CN(Cc1ccc(C(F)(F)F)cc1)C(=O)c1cn(C/C=C/c2ccccc2)nn1. The molecule has 0 aliphatic rings. The zero-order valence-corrected chi connectivity index (χ0v) is 15.7. The van der Waals surface area contributed by atoms with Gasteiger partial charge in [-0.2, -0.15) is 13.2 Å². The summed E-state index contributed by atoms with van der Waals surface area (Å²) in [6, 6.07) is 14.5. The van der Waals surface area contributed by atoms with E-state index in [9.17, 15) is 18.0 Å². The van der Waals surface area contributed by atoms with Crippen molar-refractivity contribution in [2.75, 3.05) is 7.05 Å². The Morgan fingerprint density at radius 2 is 1.79 bits per heavy atom. The Kier molecular flexibility index (Phi) is 6.11. The Bertz CT molecular complexity index is 979. The summed E-state index contributed by atoms with van der Waals surface area (Å²) < 4.78 is 39.4. The number of allylic oxidation sites excluding steroid dienone is 1. The number of nitrogens with zero attached hydrogens (tertiary/aromatic N) is 4. The lowest BCUT2D eigenvalue weighted by Gasteiger charge is -2.16. The van der Waals surface area contributed by atoms with E-state index in [1.807, 2.05) is 42.5 Å².